The zero-order valence-electron chi connectivity index (χ0n) is 17.1. The molecule has 0 radical (unpaired) electrons. The number of rotatable bonds is 4. The zero-order valence-corrected chi connectivity index (χ0v) is 17.1. The molecule has 0 saturated carbocycles. The number of carbonyl (C=O) groups is 1. The van der Waals surface area contributed by atoms with Crippen LogP contribution in [0.3, 0.4) is 0 Å². The lowest BCUT2D eigenvalue weighted by molar-refractivity contribution is 0.0724. The summed E-state index contributed by atoms with van der Waals surface area (Å²) in [4.78, 5) is 13.2. The third kappa shape index (κ3) is 4.74. The van der Waals surface area contributed by atoms with E-state index >= 15 is 0 Å². The van der Waals surface area contributed by atoms with E-state index in [4.69, 9.17) is 4.74 Å². The Bertz CT molecular complexity index is 847. The molecule has 6 nitrogen and oxygen atoms in total. The van der Waals surface area contributed by atoms with Gasteiger partial charge in [-0.25, -0.2) is 4.79 Å². The Balaban J connectivity index is 1.70. The van der Waals surface area contributed by atoms with Crippen molar-refractivity contribution in [3.63, 3.8) is 0 Å². The number of hydrogen-bond donors (Lipinski definition) is 1. The Kier molecular flexibility index (Phi) is 5.77. The Morgan fingerprint density at radius 3 is 2.64 bits per heavy atom. The minimum Gasteiger partial charge on any atom is -0.497 e. The number of amides is 1. The van der Waals surface area contributed by atoms with Crippen LogP contribution in [0.4, 0.5) is 4.79 Å². The van der Waals surface area contributed by atoms with Gasteiger partial charge in [0.05, 0.1) is 19.9 Å². The maximum absolute atomic E-state index is 11.6. The van der Waals surface area contributed by atoms with Gasteiger partial charge in [-0.15, -0.1) is 0 Å². The fraction of sp³-hybridized carbons (Fsp3) is 0.455. The van der Waals surface area contributed by atoms with Crippen molar-refractivity contribution >= 4 is 12.2 Å². The lowest BCUT2D eigenvalue weighted by atomic mass is 9.79. The number of piperidine rings is 1. The van der Waals surface area contributed by atoms with Crippen LogP contribution in [0.15, 0.2) is 42.2 Å². The summed E-state index contributed by atoms with van der Waals surface area (Å²) in [6, 6.07) is 7.96. The van der Waals surface area contributed by atoms with Gasteiger partial charge in [-0.2, -0.15) is 5.10 Å². The molecular weight excluding hydrogens is 354 g/mol. The predicted molar refractivity (Wildman–Crippen MR) is 110 cm³/mol. The second kappa shape index (κ2) is 8.09. The molecule has 2 heterocycles. The Labute approximate surface area is 166 Å². The number of nitrogens with zero attached hydrogens (tertiary/aromatic N) is 3. The van der Waals surface area contributed by atoms with E-state index in [9.17, 15) is 9.90 Å². The van der Waals surface area contributed by atoms with Crippen LogP contribution in [0.5, 0.6) is 5.75 Å². The van der Waals surface area contributed by atoms with Crippen LogP contribution in [0.1, 0.15) is 44.7 Å². The first kappa shape index (κ1) is 20.0. The van der Waals surface area contributed by atoms with Crippen LogP contribution < -0.4 is 4.74 Å². The maximum atomic E-state index is 11.6. The zero-order chi connectivity index (χ0) is 20.3. The molecule has 1 unspecified atom stereocenters. The van der Waals surface area contributed by atoms with Gasteiger partial charge in [-0.1, -0.05) is 44.6 Å². The van der Waals surface area contributed by atoms with Gasteiger partial charge in [0.1, 0.15) is 5.75 Å². The molecule has 0 aliphatic carbocycles. The summed E-state index contributed by atoms with van der Waals surface area (Å²) in [7, 11) is 1.66. The quantitative estimate of drug-likeness (QED) is 0.843. The number of ether oxygens (including phenoxy) is 1. The van der Waals surface area contributed by atoms with Crippen LogP contribution in [-0.4, -0.2) is 45.6 Å². The molecule has 150 valence electrons. The van der Waals surface area contributed by atoms with E-state index in [1.165, 1.54) is 5.57 Å². The van der Waals surface area contributed by atoms with Gasteiger partial charge in [0.2, 0.25) is 0 Å². The van der Waals surface area contributed by atoms with E-state index in [1.807, 2.05) is 41.3 Å². The van der Waals surface area contributed by atoms with Gasteiger partial charge in [0.15, 0.2) is 0 Å². The SMILES string of the molecule is COc1ccc(Cn2cc(C=C3CCN(C(=O)O)C(C(C)(C)C)C3)cn2)cc1. The highest BCUT2D eigenvalue weighted by atomic mass is 16.5. The highest BCUT2D eigenvalue weighted by Gasteiger charge is 2.36. The van der Waals surface area contributed by atoms with Crippen LogP contribution in [0, 0.1) is 5.41 Å². The van der Waals surface area contributed by atoms with Crippen molar-refractivity contribution in [1.29, 1.82) is 0 Å². The van der Waals surface area contributed by atoms with E-state index in [0.29, 0.717) is 13.1 Å². The number of carboxylic acid groups (broad SMARTS) is 1. The first-order chi connectivity index (χ1) is 13.3. The molecule has 1 aliphatic rings. The topological polar surface area (TPSA) is 67.6 Å². The third-order valence-electron chi connectivity index (χ3n) is 5.28. The fourth-order valence-corrected chi connectivity index (χ4v) is 3.71. The van der Waals surface area contributed by atoms with Gasteiger partial charge in [0.25, 0.3) is 0 Å². The smallest absolute Gasteiger partial charge is 0.407 e. The number of benzene rings is 1. The third-order valence-corrected chi connectivity index (χ3v) is 5.28. The van der Waals surface area contributed by atoms with Crippen molar-refractivity contribution in [3.05, 3.63) is 53.4 Å². The summed E-state index contributed by atoms with van der Waals surface area (Å²) in [6.45, 7) is 7.55. The number of methoxy groups -OCH3 is 1. The highest BCUT2D eigenvalue weighted by Crippen LogP contribution is 2.35. The second-order valence-electron chi connectivity index (χ2n) is 8.43. The summed E-state index contributed by atoms with van der Waals surface area (Å²) in [6.07, 6.45) is 6.77. The summed E-state index contributed by atoms with van der Waals surface area (Å²) < 4.78 is 7.11. The van der Waals surface area contributed by atoms with E-state index in [2.05, 4.69) is 31.9 Å². The molecule has 1 saturated heterocycles. The number of hydrogen-bond acceptors (Lipinski definition) is 3. The lowest BCUT2D eigenvalue weighted by Gasteiger charge is -2.42. The fourth-order valence-electron chi connectivity index (χ4n) is 3.71. The van der Waals surface area contributed by atoms with Crippen LogP contribution in [0.25, 0.3) is 6.08 Å². The molecule has 28 heavy (non-hydrogen) atoms. The van der Waals surface area contributed by atoms with E-state index in [0.717, 1.165) is 29.7 Å². The van der Waals surface area contributed by atoms with Gasteiger partial charge in [-0.05, 0) is 36.0 Å². The largest absolute Gasteiger partial charge is 0.497 e. The Hall–Kier alpha value is -2.76. The first-order valence-electron chi connectivity index (χ1n) is 9.60. The van der Waals surface area contributed by atoms with Crippen molar-refractivity contribution in [2.75, 3.05) is 13.7 Å². The summed E-state index contributed by atoms with van der Waals surface area (Å²) in [5.74, 6) is 0.843. The van der Waals surface area contributed by atoms with Crippen LogP contribution in [0.2, 0.25) is 0 Å². The molecule has 0 bridgehead atoms. The van der Waals surface area contributed by atoms with Crippen LogP contribution >= 0.6 is 0 Å². The van der Waals surface area contributed by atoms with Crippen molar-refractivity contribution in [2.24, 2.45) is 5.41 Å². The molecule has 1 N–H and O–H groups in total. The summed E-state index contributed by atoms with van der Waals surface area (Å²) >= 11 is 0. The van der Waals surface area contributed by atoms with Gasteiger partial charge in [-0.3, -0.25) is 4.68 Å². The average Bonchev–Trinajstić information content (AvgIpc) is 3.08. The highest BCUT2D eigenvalue weighted by molar-refractivity contribution is 5.66. The lowest BCUT2D eigenvalue weighted by Crippen LogP contribution is -2.50. The van der Waals surface area contributed by atoms with Gasteiger partial charge >= 0.3 is 6.09 Å². The van der Waals surface area contributed by atoms with Gasteiger partial charge in [0, 0.05) is 24.3 Å². The number of aromatic nitrogens is 2. The molecule has 6 heteroatoms. The minimum absolute atomic E-state index is 0.0145. The summed E-state index contributed by atoms with van der Waals surface area (Å²) in [5, 5.41) is 14.0. The monoisotopic (exact) mass is 383 g/mol. The predicted octanol–water partition coefficient (Wildman–Crippen LogP) is 4.51. The normalized spacial score (nSPS) is 19.1. The molecule has 3 rings (SSSR count). The summed E-state index contributed by atoms with van der Waals surface area (Å²) in [5.41, 5.74) is 3.39. The standard InChI is InChI=1S/C22H29N3O3/c1-22(2,3)20-12-17(9-10-25(20)21(26)27)11-18-13-23-24(15-18)14-16-5-7-19(28-4)8-6-16/h5-8,11,13,15,20H,9-10,12,14H2,1-4H3,(H,26,27). The molecule has 0 spiro atoms. The van der Waals surface area contributed by atoms with Crippen molar-refractivity contribution in [2.45, 2.75) is 46.2 Å². The van der Waals surface area contributed by atoms with Crippen molar-refractivity contribution in [3.8, 4) is 5.75 Å². The Morgan fingerprint density at radius 2 is 2.04 bits per heavy atom. The number of likely N-dealkylation sites (tertiary alicyclic amines) is 1. The molecule has 1 fully saturated rings. The van der Waals surface area contributed by atoms with E-state index < -0.39 is 6.09 Å². The van der Waals surface area contributed by atoms with E-state index in [-0.39, 0.29) is 11.5 Å². The maximum Gasteiger partial charge on any atom is 0.407 e. The molecule has 1 amide bonds. The second-order valence-corrected chi connectivity index (χ2v) is 8.43. The van der Waals surface area contributed by atoms with Gasteiger partial charge < -0.3 is 14.7 Å². The average molecular weight is 383 g/mol. The molecule has 1 aromatic heterocycles. The van der Waals surface area contributed by atoms with Crippen molar-refractivity contribution < 1.29 is 14.6 Å². The van der Waals surface area contributed by atoms with Crippen LogP contribution in [-0.2, 0) is 6.54 Å². The van der Waals surface area contributed by atoms with Crippen molar-refractivity contribution in [1.82, 2.24) is 14.7 Å². The van der Waals surface area contributed by atoms with E-state index in [1.54, 1.807) is 12.0 Å². The minimum atomic E-state index is -0.828. The molecule has 2 aromatic rings. The molecular formula is C22H29N3O3. The first-order valence-corrected chi connectivity index (χ1v) is 9.60. The molecule has 1 atom stereocenters. The molecule has 1 aromatic carbocycles. The Morgan fingerprint density at radius 1 is 1.32 bits per heavy atom. The molecule has 1 aliphatic heterocycles.